The number of likely N-dealkylation sites (tertiary alicyclic amines) is 1. The Labute approximate surface area is 193 Å². The number of benzene rings is 1. The van der Waals surface area contributed by atoms with E-state index in [0.717, 1.165) is 45.3 Å². The first-order valence-electron chi connectivity index (χ1n) is 12.5. The highest BCUT2D eigenvalue weighted by molar-refractivity contribution is 5.96. The summed E-state index contributed by atoms with van der Waals surface area (Å²) in [7, 11) is 0. The van der Waals surface area contributed by atoms with E-state index in [2.05, 4.69) is 24.8 Å². The standard InChI is InChI=1S/C27H41NO4/c1-4-32-26(31)18-25(30)24(21-9-6-5-7-10-21)13-15-28-16-14-27(3,20(2)19-28)22-11-8-12-23(29)17-22/h8,11-12,17,20-21,24,29H,4-7,9-10,13-16,18-19H2,1-3H3. The highest BCUT2D eigenvalue weighted by Crippen LogP contribution is 2.41. The van der Waals surface area contributed by atoms with E-state index in [0.29, 0.717) is 24.2 Å². The zero-order chi connectivity index (χ0) is 23.1. The fraction of sp³-hybridized carbons (Fsp3) is 0.704. The molecule has 3 rings (SSSR count). The summed E-state index contributed by atoms with van der Waals surface area (Å²) in [5, 5.41) is 9.94. The van der Waals surface area contributed by atoms with Crippen LogP contribution in [0.2, 0.25) is 0 Å². The average molecular weight is 444 g/mol. The molecule has 5 nitrogen and oxygen atoms in total. The van der Waals surface area contributed by atoms with E-state index >= 15 is 0 Å². The molecule has 1 aliphatic carbocycles. The molecule has 5 heteroatoms. The highest BCUT2D eigenvalue weighted by Gasteiger charge is 2.39. The molecule has 3 unspecified atom stereocenters. The van der Waals surface area contributed by atoms with E-state index in [1.165, 1.54) is 24.8 Å². The average Bonchev–Trinajstić information content (AvgIpc) is 2.77. The second-order valence-corrected chi connectivity index (χ2v) is 10.2. The van der Waals surface area contributed by atoms with Crippen LogP contribution in [-0.4, -0.2) is 48.0 Å². The van der Waals surface area contributed by atoms with Crippen LogP contribution in [0.4, 0.5) is 0 Å². The first kappa shape index (κ1) is 24.8. The highest BCUT2D eigenvalue weighted by atomic mass is 16.5. The molecule has 1 aromatic rings. The van der Waals surface area contributed by atoms with Gasteiger partial charge in [-0.15, -0.1) is 0 Å². The first-order chi connectivity index (χ1) is 15.3. The molecule has 0 aromatic heterocycles. The zero-order valence-corrected chi connectivity index (χ0v) is 20.1. The maximum absolute atomic E-state index is 13.0. The zero-order valence-electron chi connectivity index (χ0n) is 20.1. The van der Waals surface area contributed by atoms with Crippen LogP contribution in [0.15, 0.2) is 24.3 Å². The molecule has 0 bridgehead atoms. The Morgan fingerprint density at radius 2 is 2.00 bits per heavy atom. The molecular formula is C27H41NO4. The van der Waals surface area contributed by atoms with Gasteiger partial charge in [0, 0.05) is 12.5 Å². The van der Waals surface area contributed by atoms with Gasteiger partial charge in [0.2, 0.25) is 0 Å². The van der Waals surface area contributed by atoms with E-state index in [4.69, 9.17) is 4.74 Å². The summed E-state index contributed by atoms with van der Waals surface area (Å²) in [5.41, 5.74) is 1.24. The van der Waals surface area contributed by atoms with E-state index in [9.17, 15) is 14.7 Å². The van der Waals surface area contributed by atoms with Crippen LogP contribution < -0.4 is 0 Å². The monoisotopic (exact) mass is 443 g/mol. The molecule has 1 aromatic carbocycles. The Morgan fingerprint density at radius 3 is 2.66 bits per heavy atom. The van der Waals surface area contributed by atoms with Gasteiger partial charge in [0.15, 0.2) is 0 Å². The van der Waals surface area contributed by atoms with Crippen LogP contribution in [0.5, 0.6) is 5.75 Å². The molecule has 0 amide bonds. The molecule has 0 spiro atoms. The lowest BCUT2D eigenvalue weighted by Crippen LogP contribution is -2.48. The number of piperidine rings is 1. The fourth-order valence-electron chi connectivity index (χ4n) is 5.81. The van der Waals surface area contributed by atoms with Gasteiger partial charge in [0.1, 0.15) is 18.0 Å². The number of esters is 1. The molecule has 1 saturated carbocycles. The fourth-order valence-corrected chi connectivity index (χ4v) is 5.81. The van der Waals surface area contributed by atoms with Crippen LogP contribution in [-0.2, 0) is 19.7 Å². The van der Waals surface area contributed by atoms with Crippen molar-refractivity contribution < 1.29 is 19.4 Å². The number of rotatable bonds is 9. The largest absolute Gasteiger partial charge is 0.508 e. The third-order valence-electron chi connectivity index (χ3n) is 8.09. The van der Waals surface area contributed by atoms with Crippen molar-refractivity contribution in [1.29, 1.82) is 0 Å². The number of ketones is 1. The van der Waals surface area contributed by atoms with E-state index in [1.54, 1.807) is 13.0 Å². The van der Waals surface area contributed by atoms with Gasteiger partial charge in [0.25, 0.3) is 0 Å². The Morgan fingerprint density at radius 1 is 1.25 bits per heavy atom. The lowest BCUT2D eigenvalue weighted by Gasteiger charge is -2.45. The van der Waals surface area contributed by atoms with Gasteiger partial charge >= 0.3 is 5.97 Å². The topological polar surface area (TPSA) is 66.8 Å². The van der Waals surface area contributed by atoms with Crippen molar-refractivity contribution in [1.82, 2.24) is 4.90 Å². The second kappa shape index (κ2) is 11.3. The molecule has 1 heterocycles. The minimum Gasteiger partial charge on any atom is -0.508 e. The van der Waals surface area contributed by atoms with Crippen molar-refractivity contribution in [3.05, 3.63) is 29.8 Å². The number of phenolic OH excluding ortho intramolecular Hbond substituents is 1. The Kier molecular flexibility index (Phi) is 8.75. The van der Waals surface area contributed by atoms with Crippen LogP contribution in [0.3, 0.4) is 0 Å². The minimum absolute atomic E-state index is 0.0330. The molecule has 0 radical (unpaired) electrons. The predicted molar refractivity (Wildman–Crippen MR) is 127 cm³/mol. The summed E-state index contributed by atoms with van der Waals surface area (Å²) in [6.07, 6.45) is 7.62. The number of hydrogen-bond donors (Lipinski definition) is 1. The smallest absolute Gasteiger partial charge is 0.313 e. The predicted octanol–water partition coefficient (Wildman–Crippen LogP) is 5.10. The van der Waals surface area contributed by atoms with Crippen LogP contribution in [0.25, 0.3) is 0 Å². The number of carbonyl (C=O) groups is 2. The Balaban J connectivity index is 1.61. The van der Waals surface area contributed by atoms with Crippen LogP contribution in [0.1, 0.15) is 77.7 Å². The summed E-state index contributed by atoms with van der Waals surface area (Å²) in [5.74, 6) is 0.840. The van der Waals surface area contributed by atoms with Gasteiger partial charge in [-0.1, -0.05) is 45.2 Å². The lowest BCUT2D eigenvalue weighted by atomic mass is 9.68. The van der Waals surface area contributed by atoms with Gasteiger partial charge in [0.05, 0.1) is 6.61 Å². The quantitative estimate of drug-likeness (QED) is 0.425. The van der Waals surface area contributed by atoms with Crippen molar-refractivity contribution in [2.45, 2.75) is 77.6 Å². The van der Waals surface area contributed by atoms with E-state index in [1.807, 2.05) is 12.1 Å². The van der Waals surface area contributed by atoms with E-state index < -0.39 is 0 Å². The summed E-state index contributed by atoms with van der Waals surface area (Å²) in [6, 6.07) is 7.68. The Bertz CT molecular complexity index is 773. The van der Waals surface area contributed by atoms with E-state index in [-0.39, 0.29) is 29.5 Å². The first-order valence-corrected chi connectivity index (χ1v) is 12.5. The molecule has 1 aliphatic heterocycles. The van der Waals surface area contributed by atoms with Crippen LogP contribution in [0, 0.1) is 17.8 Å². The van der Waals surface area contributed by atoms with Crippen molar-refractivity contribution in [3.63, 3.8) is 0 Å². The molecule has 3 atom stereocenters. The number of carbonyl (C=O) groups excluding carboxylic acids is 2. The van der Waals surface area contributed by atoms with Gasteiger partial charge in [-0.2, -0.15) is 0 Å². The third-order valence-corrected chi connectivity index (χ3v) is 8.09. The van der Waals surface area contributed by atoms with Gasteiger partial charge in [-0.25, -0.2) is 0 Å². The van der Waals surface area contributed by atoms with Crippen molar-refractivity contribution >= 4 is 11.8 Å². The lowest BCUT2D eigenvalue weighted by molar-refractivity contribution is -0.146. The molecule has 178 valence electrons. The number of nitrogens with zero attached hydrogens (tertiary/aromatic N) is 1. The maximum atomic E-state index is 13.0. The number of hydrogen-bond acceptors (Lipinski definition) is 5. The van der Waals surface area contributed by atoms with Crippen molar-refractivity contribution in [3.8, 4) is 5.75 Å². The van der Waals surface area contributed by atoms with Gasteiger partial charge in [-0.05, 0) is 80.6 Å². The number of Topliss-reactive ketones (excluding diaryl/α,β-unsaturated/α-hetero) is 1. The normalized spacial score (nSPS) is 25.9. The summed E-state index contributed by atoms with van der Waals surface area (Å²) >= 11 is 0. The van der Waals surface area contributed by atoms with Gasteiger partial charge < -0.3 is 14.7 Å². The molecule has 2 fully saturated rings. The SMILES string of the molecule is CCOC(=O)CC(=O)C(CCN1CCC(C)(c2cccc(O)c2)C(C)C1)C1CCCCC1. The Hall–Kier alpha value is -1.88. The second-order valence-electron chi connectivity index (χ2n) is 10.2. The number of ether oxygens (including phenoxy) is 1. The summed E-state index contributed by atoms with van der Waals surface area (Å²) < 4.78 is 5.04. The molecule has 2 aliphatic rings. The van der Waals surface area contributed by atoms with Crippen molar-refractivity contribution in [2.75, 3.05) is 26.2 Å². The molecule has 32 heavy (non-hydrogen) atoms. The summed E-state index contributed by atoms with van der Waals surface area (Å²) in [6.45, 7) is 9.57. The molecular weight excluding hydrogens is 402 g/mol. The third kappa shape index (κ3) is 6.12. The number of phenols is 1. The van der Waals surface area contributed by atoms with Crippen LogP contribution >= 0.6 is 0 Å². The number of aromatic hydroxyl groups is 1. The summed E-state index contributed by atoms with van der Waals surface area (Å²) in [4.78, 5) is 27.5. The van der Waals surface area contributed by atoms with Crippen molar-refractivity contribution in [2.24, 2.45) is 17.8 Å². The minimum atomic E-state index is -0.383. The molecule has 1 saturated heterocycles. The van der Waals surface area contributed by atoms with Gasteiger partial charge in [-0.3, -0.25) is 9.59 Å². The maximum Gasteiger partial charge on any atom is 0.313 e. The molecule has 1 N–H and O–H groups in total.